The first kappa shape index (κ1) is 16.8. The Balaban J connectivity index is 1.83. The zero-order chi connectivity index (χ0) is 18.0. The smallest absolute Gasteiger partial charge is 0.312 e. The molecule has 4 nitrogen and oxygen atoms in total. The first-order valence-electron chi connectivity index (χ1n) is 8.18. The van der Waals surface area contributed by atoms with Gasteiger partial charge in [-0.15, -0.1) is 0 Å². The van der Waals surface area contributed by atoms with E-state index >= 15 is 0 Å². The van der Waals surface area contributed by atoms with Gasteiger partial charge >= 0.3 is 5.97 Å². The molecule has 2 aromatic rings. The van der Waals surface area contributed by atoms with Gasteiger partial charge in [-0.2, -0.15) is 0 Å². The van der Waals surface area contributed by atoms with E-state index in [-0.39, 0.29) is 11.7 Å². The number of nitrogens with zero attached hydrogens (tertiary/aromatic N) is 1. The van der Waals surface area contributed by atoms with E-state index in [0.717, 1.165) is 10.8 Å². The van der Waals surface area contributed by atoms with Crippen molar-refractivity contribution in [2.24, 2.45) is 11.1 Å². The highest BCUT2D eigenvalue weighted by molar-refractivity contribution is 6.21. The van der Waals surface area contributed by atoms with Gasteiger partial charge in [0.2, 0.25) is 0 Å². The van der Waals surface area contributed by atoms with E-state index < -0.39 is 5.97 Å². The predicted octanol–water partition coefficient (Wildman–Crippen LogP) is 4.46. The van der Waals surface area contributed by atoms with Crippen LogP contribution in [0.1, 0.15) is 31.1 Å². The van der Waals surface area contributed by atoms with Gasteiger partial charge in [0, 0.05) is 5.57 Å². The van der Waals surface area contributed by atoms with E-state index in [9.17, 15) is 9.59 Å². The fourth-order valence-electron chi connectivity index (χ4n) is 2.70. The molecule has 3 rings (SSSR count). The molecule has 0 saturated heterocycles. The molecule has 0 bridgehead atoms. The van der Waals surface area contributed by atoms with Crippen molar-refractivity contribution >= 4 is 28.2 Å². The van der Waals surface area contributed by atoms with Crippen molar-refractivity contribution in [1.29, 1.82) is 0 Å². The molecule has 2 aromatic carbocycles. The number of carbonyl (C=O) groups excluding carboxylic acids is 2. The Morgan fingerprint density at radius 3 is 2.48 bits per heavy atom. The molecule has 0 aromatic heterocycles. The van der Waals surface area contributed by atoms with Gasteiger partial charge in [-0.05, 0) is 53.5 Å². The van der Waals surface area contributed by atoms with Gasteiger partial charge < -0.3 is 4.84 Å². The van der Waals surface area contributed by atoms with Crippen molar-refractivity contribution in [2.75, 3.05) is 0 Å². The van der Waals surface area contributed by atoms with Crippen LogP contribution < -0.4 is 0 Å². The van der Waals surface area contributed by atoms with Crippen LogP contribution in [0, 0.1) is 5.92 Å². The standard InChI is InChI=1S/C21H19NO3/c1-13(2)18-12-19(14(3)10-20(18)23)22-25-21(24)17-9-8-15-6-4-5-7-16(15)11-17/h4-13H,1-3H3/b22-19+. The molecule has 0 unspecified atom stereocenters. The fraction of sp³-hybridized carbons (Fsp3) is 0.190. The average Bonchev–Trinajstić information content (AvgIpc) is 2.60. The van der Waals surface area contributed by atoms with Crippen LogP contribution in [0.2, 0.25) is 0 Å². The number of benzene rings is 2. The Labute approximate surface area is 146 Å². The molecule has 1 aliphatic rings. The molecule has 0 N–H and O–H groups in total. The molecule has 0 heterocycles. The molecule has 0 amide bonds. The van der Waals surface area contributed by atoms with Gasteiger partial charge in [-0.3, -0.25) is 4.79 Å². The molecular formula is C21H19NO3. The summed E-state index contributed by atoms with van der Waals surface area (Å²) in [5.74, 6) is -0.465. The second-order valence-electron chi connectivity index (χ2n) is 6.36. The van der Waals surface area contributed by atoms with E-state index in [4.69, 9.17) is 4.84 Å². The SMILES string of the molecule is CC1=CC(=O)C(C(C)C)=C/C1=N\OC(=O)c1ccc2ccccc2c1. The normalized spacial score (nSPS) is 16.2. The van der Waals surface area contributed by atoms with Gasteiger partial charge in [-0.25, -0.2) is 4.79 Å². The molecular weight excluding hydrogens is 314 g/mol. The predicted molar refractivity (Wildman–Crippen MR) is 98.5 cm³/mol. The third kappa shape index (κ3) is 3.58. The van der Waals surface area contributed by atoms with Crippen LogP contribution in [-0.2, 0) is 9.63 Å². The number of rotatable bonds is 3. The first-order chi connectivity index (χ1) is 12.0. The van der Waals surface area contributed by atoms with Gasteiger partial charge in [0.05, 0.1) is 5.56 Å². The van der Waals surface area contributed by atoms with Crippen molar-refractivity contribution in [1.82, 2.24) is 0 Å². The fourth-order valence-corrected chi connectivity index (χ4v) is 2.70. The number of hydrogen-bond donors (Lipinski definition) is 0. The molecule has 0 spiro atoms. The van der Waals surface area contributed by atoms with Crippen molar-refractivity contribution < 1.29 is 14.4 Å². The number of carbonyl (C=O) groups is 2. The lowest BCUT2D eigenvalue weighted by molar-refractivity contribution is -0.111. The molecule has 0 fully saturated rings. The summed E-state index contributed by atoms with van der Waals surface area (Å²) in [5, 5.41) is 5.98. The Hall–Kier alpha value is -3.01. The van der Waals surface area contributed by atoms with E-state index in [2.05, 4.69) is 5.16 Å². The Morgan fingerprint density at radius 2 is 1.76 bits per heavy atom. The molecule has 0 aliphatic heterocycles. The molecule has 0 saturated carbocycles. The molecule has 1 aliphatic carbocycles. The number of ketones is 1. The highest BCUT2D eigenvalue weighted by Gasteiger charge is 2.19. The number of hydrogen-bond acceptors (Lipinski definition) is 4. The number of oxime groups is 1. The summed E-state index contributed by atoms with van der Waals surface area (Å²) in [7, 11) is 0. The molecule has 126 valence electrons. The molecule has 0 atom stereocenters. The maximum atomic E-state index is 12.3. The molecule has 25 heavy (non-hydrogen) atoms. The Kier molecular flexibility index (Phi) is 4.61. The van der Waals surface area contributed by atoms with Crippen molar-refractivity contribution in [3.05, 3.63) is 71.3 Å². The highest BCUT2D eigenvalue weighted by Crippen LogP contribution is 2.20. The summed E-state index contributed by atoms with van der Waals surface area (Å²) in [6.07, 6.45) is 3.22. The van der Waals surface area contributed by atoms with Crippen LogP contribution in [0.15, 0.2) is 70.9 Å². The van der Waals surface area contributed by atoms with Crippen LogP contribution >= 0.6 is 0 Å². The zero-order valence-corrected chi connectivity index (χ0v) is 14.4. The largest absolute Gasteiger partial charge is 0.365 e. The van der Waals surface area contributed by atoms with Crippen molar-refractivity contribution in [2.45, 2.75) is 20.8 Å². The minimum atomic E-state index is -0.526. The van der Waals surface area contributed by atoms with Crippen LogP contribution in [0.25, 0.3) is 10.8 Å². The summed E-state index contributed by atoms with van der Waals surface area (Å²) in [4.78, 5) is 29.4. The summed E-state index contributed by atoms with van der Waals surface area (Å²) in [6, 6.07) is 13.2. The van der Waals surface area contributed by atoms with Crippen molar-refractivity contribution in [3.63, 3.8) is 0 Å². The number of fused-ring (bicyclic) bond motifs is 1. The average molecular weight is 333 g/mol. The van der Waals surface area contributed by atoms with Crippen LogP contribution in [-0.4, -0.2) is 17.5 Å². The monoisotopic (exact) mass is 333 g/mol. The number of allylic oxidation sites excluding steroid dienone is 4. The summed E-state index contributed by atoms with van der Waals surface area (Å²) in [6.45, 7) is 5.65. The lowest BCUT2D eigenvalue weighted by Gasteiger charge is -2.14. The second kappa shape index (κ2) is 6.85. The highest BCUT2D eigenvalue weighted by atomic mass is 16.7. The Bertz CT molecular complexity index is 949. The van der Waals surface area contributed by atoms with E-state index in [0.29, 0.717) is 22.4 Å². The minimum absolute atomic E-state index is 0.0210. The second-order valence-corrected chi connectivity index (χ2v) is 6.36. The first-order valence-corrected chi connectivity index (χ1v) is 8.18. The van der Waals surface area contributed by atoms with E-state index in [1.54, 1.807) is 25.1 Å². The molecule has 0 radical (unpaired) electrons. The summed E-state index contributed by atoms with van der Waals surface area (Å²) < 4.78 is 0. The van der Waals surface area contributed by atoms with Crippen LogP contribution in [0.4, 0.5) is 0 Å². The minimum Gasteiger partial charge on any atom is -0.312 e. The summed E-state index contributed by atoms with van der Waals surface area (Å²) >= 11 is 0. The van der Waals surface area contributed by atoms with Crippen molar-refractivity contribution in [3.8, 4) is 0 Å². The van der Waals surface area contributed by atoms with Gasteiger partial charge in [-0.1, -0.05) is 49.3 Å². The third-order valence-electron chi connectivity index (χ3n) is 4.16. The maximum Gasteiger partial charge on any atom is 0.365 e. The van der Waals surface area contributed by atoms with Crippen LogP contribution in [0.5, 0.6) is 0 Å². The lowest BCUT2D eigenvalue weighted by atomic mass is 9.90. The van der Waals surface area contributed by atoms with Gasteiger partial charge in [0.1, 0.15) is 5.71 Å². The Morgan fingerprint density at radius 1 is 1.04 bits per heavy atom. The maximum absolute atomic E-state index is 12.3. The lowest BCUT2D eigenvalue weighted by Crippen LogP contribution is -2.16. The van der Waals surface area contributed by atoms with E-state index in [1.165, 1.54) is 6.08 Å². The van der Waals surface area contributed by atoms with Gasteiger partial charge in [0.15, 0.2) is 5.78 Å². The van der Waals surface area contributed by atoms with E-state index in [1.807, 2.05) is 44.2 Å². The summed E-state index contributed by atoms with van der Waals surface area (Å²) in [5.41, 5.74) is 2.27. The zero-order valence-electron chi connectivity index (χ0n) is 14.4. The van der Waals surface area contributed by atoms with Gasteiger partial charge in [0.25, 0.3) is 0 Å². The van der Waals surface area contributed by atoms with Crippen LogP contribution in [0.3, 0.4) is 0 Å². The topological polar surface area (TPSA) is 55.7 Å². The third-order valence-corrected chi connectivity index (χ3v) is 4.16. The molecule has 4 heteroatoms. The quantitative estimate of drug-likeness (QED) is 0.473.